The van der Waals surface area contributed by atoms with E-state index in [1.165, 1.54) is 5.57 Å². The number of aliphatic hydroxyl groups is 1. The molecule has 3 heterocycles. The quantitative estimate of drug-likeness (QED) is 0.871. The Balaban J connectivity index is 1.99. The minimum absolute atomic E-state index is 0.0246. The average Bonchev–Trinajstić information content (AvgIpc) is 2.99. The Morgan fingerprint density at radius 3 is 2.74 bits per heavy atom. The van der Waals surface area contributed by atoms with Crippen LogP contribution in [-0.4, -0.2) is 47.9 Å². The average molecular weight is 368 g/mol. The molecular weight excluding hydrogens is 340 g/mol. The normalized spacial score (nSPS) is 34.3. The van der Waals surface area contributed by atoms with Crippen molar-refractivity contribution in [3.05, 3.63) is 41.6 Å². The molecule has 1 spiro atoms. The molecule has 0 radical (unpaired) electrons. The van der Waals surface area contributed by atoms with Gasteiger partial charge in [-0.15, -0.1) is 0 Å². The molecule has 2 bridgehead atoms. The minimum Gasteiger partial charge on any atom is -0.396 e. The number of allylic oxidation sites excluding steroid dienone is 1. The Labute approximate surface area is 160 Å². The van der Waals surface area contributed by atoms with Gasteiger partial charge in [-0.2, -0.15) is 0 Å². The fourth-order valence-electron chi connectivity index (χ4n) is 5.79. The number of hydrogen-bond donors (Lipinski definition) is 1. The van der Waals surface area contributed by atoms with E-state index in [1.54, 1.807) is 11.8 Å². The van der Waals surface area contributed by atoms with Crippen LogP contribution in [0.4, 0.5) is 5.69 Å². The number of amides is 1. The zero-order valence-electron chi connectivity index (χ0n) is 16.3. The Morgan fingerprint density at radius 1 is 1.33 bits per heavy atom. The van der Waals surface area contributed by atoms with E-state index in [0.717, 1.165) is 24.2 Å². The topological polar surface area (TPSA) is 60.9 Å². The van der Waals surface area contributed by atoms with Gasteiger partial charge in [-0.05, 0) is 36.6 Å². The molecule has 1 aliphatic carbocycles. The van der Waals surface area contributed by atoms with Crippen LogP contribution in [0, 0.1) is 11.8 Å². The van der Waals surface area contributed by atoms with Crippen molar-refractivity contribution in [3.63, 3.8) is 0 Å². The van der Waals surface area contributed by atoms with Crippen molar-refractivity contribution in [2.75, 3.05) is 25.1 Å². The van der Waals surface area contributed by atoms with Gasteiger partial charge < -0.3 is 14.9 Å². The molecule has 0 saturated heterocycles. The largest absolute Gasteiger partial charge is 0.396 e. The van der Waals surface area contributed by atoms with Crippen LogP contribution in [0.2, 0.25) is 0 Å². The number of hydrogen-bond acceptors (Lipinski definition) is 4. The van der Waals surface area contributed by atoms with Crippen molar-refractivity contribution in [1.29, 1.82) is 0 Å². The van der Waals surface area contributed by atoms with Crippen molar-refractivity contribution in [1.82, 2.24) is 4.90 Å². The molecule has 1 saturated carbocycles. The first-order chi connectivity index (χ1) is 13.0. The Bertz CT molecular complexity index is 818. The number of Topliss-reactive ketones (excluding diaryl/α,β-unsaturated/α-hetero) is 1. The second-order valence-electron chi connectivity index (χ2n) is 8.19. The maximum Gasteiger partial charge on any atom is 0.224 e. The zero-order valence-corrected chi connectivity index (χ0v) is 16.3. The molecule has 0 unspecified atom stereocenters. The van der Waals surface area contributed by atoms with E-state index in [1.807, 2.05) is 31.3 Å². The molecule has 144 valence electrons. The number of nitrogens with zero attached hydrogens (tertiary/aromatic N) is 2. The Kier molecular flexibility index (Phi) is 4.38. The fourth-order valence-corrected chi connectivity index (χ4v) is 5.79. The highest BCUT2D eigenvalue weighted by Gasteiger charge is 2.63. The zero-order chi connectivity index (χ0) is 19.3. The van der Waals surface area contributed by atoms with Crippen molar-refractivity contribution in [3.8, 4) is 0 Å². The molecule has 5 nitrogen and oxygen atoms in total. The monoisotopic (exact) mass is 368 g/mol. The van der Waals surface area contributed by atoms with E-state index >= 15 is 0 Å². The number of anilines is 1. The Hall–Kier alpha value is -2.14. The number of benzene rings is 1. The fraction of sp³-hybridized carbons (Fsp3) is 0.545. The van der Waals surface area contributed by atoms with Crippen molar-refractivity contribution >= 4 is 17.4 Å². The highest BCUT2D eigenvalue weighted by molar-refractivity contribution is 6.04. The first-order valence-corrected chi connectivity index (χ1v) is 9.90. The predicted octanol–water partition coefficient (Wildman–Crippen LogP) is 2.49. The van der Waals surface area contributed by atoms with Gasteiger partial charge in [0.1, 0.15) is 5.78 Å². The number of para-hydroxylation sites is 1. The predicted molar refractivity (Wildman–Crippen MR) is 104 cm³/mol. The summed E-state index contributed by atoms with van der Waals surface area (Å²) in [4.78, 5) is 30.4. The summed E-state index contributed by atoms with van der Waals surface area (Å²) >= 11 is 0. The molecule has 4 aliphatic rings. The number of carbonyl (C=O) groups is 2. The van der Waals surface area contributed by atoms with Gasteiger partial charge in [0.2, 0.25) is 5.91 Å². The van der Waals surface area contributed by atoms with Gasteiger partial charge in [-0.25, -0.2) is 0 Å². The molecule has 1 amide bonds. The van der Waals surface area contributed by atoms with Crippen molar-refractivity contribution in [2.45, 2.75) is 44.6 Å². The van der Waals surface area contributed by atoms with Crippen molar-refractivity contribution < 1.29 is 14.7 Å². The van der Waals surface area contributed by atoms with E-state index in [2.05, 4.69) is 18.0 Å². The van der Waals surface area contributed by atoms with Gasteiger partial charge >= 0.3 is 0 Å². The highest BCUT2D eigenvalue weighted by Crippen LogP contribution is 2.57. The van der Waals surface area contributed by atoms with E-state index in [-0.39, 0.29) is 36.2 Å². The van der Waals surface area contributed by atoms with Crippen LogP contribution in [0.15, 0.2) is 36.0 Å². The third-order valence-corrected chi connectivity index (χ3v) is 6.93. The molecule has 3 aliphatic heterocycles. The summed E-state index contributed by atoms with van der Waals surface area (Å²) in [6.07, 6.45) is 4.09. The van der Waals surface area contributed by atoms with Crippen LogP contribution in [-0.2, 0) is 15.0 Å². The SMILES string of the molecule is CC/C1=C/N(C)CC[C@@]23C(=O)C[C@@H]1[C@@H](CO)[C@@H]2N(C(C)=O)c1ccccc13. The first-order valence-electron chi connectivity index (χ1n) is 9.90. The lowest BCUT2D eigenvalue weighted by atomic mass is 9.57. The van der Waals surface area contributed by atoms with E-state index in [9.17, 15) is 14.7 Å². The van der Waals surface area contributed by atoms with E-state index < -0.39 is 5.41 Å². The molecule has 0 aromatic heterocycles. The lowest BCUT2D eigenvalue weighted by Gasteiger charge is -2.48. The molecule has 1 fully saturated rings. The molecule has 1 N–H and O–H groups in total. The summed E-state index contributed by atoms with van der Waals surface area (Å²) in [5, 5.41) is 10.4. The van der Waals surface area contributed by atoms with Crippen LogP contribution in [0.25, 0.3) is 0 Å². The van der Waals surface area contributed by atoms with Gasteiger partial charge in [0, 0.05) is 45.1 Å². The third-order valence-electron chi connectivity index (χ3n) is 6.93. The molecule has 5 heteroatoms. The smallest absolute Gasteiger partial charge is 0.224 e. The number of fused-ring (bicyclic) bond motifs is 5. The van der Waals surface area contributed by atoms with Gasteiger partial charge in [-0.1, -0.05) is 30.7 Å². The van der Waals surface area contributed by atoms with Gasteiger partial charge in [0.25, 0.3) is 0 Å². The number of rotatable bonds is 2. The van der Waals surface area contributed by atoms with Crippen LogP contribution in [0.5, 0.6) is 0 Å². The summed E-state index contributed by atoms with van der Waals surface area (Å²) in [6, 6.07) is 7.51. The molecule has 1 aromatic rings. The first kappa shape index (κ1) is 18.2. The van der Waals surface area contributed by atoms with Gasteiger partial charge in [0.15, 0.2) is 0 Å². The summed E-state index contributed by atoms with van der Waals surface area (Å²) in [5.74, 6) is -0.0112. The molecule has 5 rings (SSSR count). The third kappa shape index (κ3) is 2.40. The number of ketones is 1. The summed E-state index contributed by atoms with van der Waals surface area (Å²) < 4.78 is 0. The minimum atomic E-state index is -0.725. The van der Waals surface area contributed by atoms with Gasteiger partial charge in [-0.3, -0.25) is 9.59 Å². The summed E-state index contributed by atoms with van der Waals surface area (Å²) in [5.41, 5.74) is 2.27. The lowest BCUT2D eigenvalue weighted by molar-refractivity contribution is -0.131. The summed E-state index contributed by atoms with van der Waals surface area (Å²) in [7, 11) is 2.05. The molecular formula is C22H28N2O3. The van der Waals surface area contributed by atoms with Crippen LogP contribution in [0.1, 0.15) is 38.7 Å². The maximum absolute atomic E-state index is 13.7. The number of carbonyl (C=O) groups excluding carboxylic acids is 2. The molecule has 4 atom stereocenters. The maximum atomic E-state index is 13.7. The molecule has 27 heavy (non-hydrogen) atoms. The molecule has 1 aromatic carbocycles. The van der Waals surface area contributed by atoms with E-state index in [0.29, 0.717) is 12.8 Å². The second-order valence-corrected chi connectivity index (χ2v) is 8.19. The van der Waals surface area contributed by atoms with Crippen LogP contribution >= 0.6 is 0 Å². The van der Waals surface area contributed by atoms with E-state index in [4.69, 9.17) is 0 Å². The van der Waals surface area contributed by atoms with Crippen LogP contribution < -0.4 is 4.90 Å². The van der Waals surface area contributed by atoms with Crippen LogP contribution in [0.3, 0.4) is 0 Å². The number of aliphatic hydroxyl groups excluding tert-OH is 1. The second kappa shape index (κ2) is 6.48. The Morgan fingerprint density at radius 2 is 2.07 bits per heavy atom. The van der Waals surface area contributed by atoms with Crippen molar-refractivity contribution in [2.24, 2.45) is 11.8 Å². The van der Waals surface area contributed by atoms with Gasteiger partial charge in [0.05, 0.1) is 11.5 Å². The standard InChI is InChI=1S/C22H28N2O3/c1-4-15-12-23(3)10-9-22-18-7-5-6-8-19(18)24(14(2)26)21(22)17(13-25)16(15)11-20(22)27/h5-8,12,16-17,21,25H,4,9-11,13H2,1-3H3/b15-12-/t16-,17+,21-,22+/m0/s1. The lowest BCUT2D eigenvalue weighted by Crippen LogP contribution is -2.61. The highest BCUT2D eigenvalue weighted by atomic mass is 16.3. The summed E-state index contributed by atoms with van der Waals surface area (Å²) in [6.45, 7) is 4.39.